The lowest BCUT2D eigenvalue weighted by molar-refractivity contribution is -0.119. The number of rotatable bonds is 6. The van der Waals surface area contributed by atoms with Crippen LogP contribution in [0, 0.1) is 19.7 Å². The van der Waals surface area contributed by atoms with E-state index in [2.05, 4.69) is 29.2 Å². The second-order valence-electron chi connectivity index (χ2n) is 6.90. The van der Waals surface area contributed by atoms with Crippen LogP contribution in [0.15, 0.2) is 24.3 Å². The van der Waals surface area contributed by atoms with Gasteiger partial charge in [0.05, 0.1) is 24.6 Å². The van der Waals surface area contributed by atoms with Crippen LogP contribution in [0.3, 0.4) is 0 Å². The molecule has 6 nitrogen and oxygen atoms in total. The van der Waals surface area contributed by atoms with E-state index in [1.54, 1.807) is 18.2 Å². The lowest BCUT2D eigenvalue weighted by atomic mass is 10.1. The second-order valence-corrected chi connectivity index (χ2v) is 6.90. The van der Waals surface area contributed by atoms with E-state index in [0.29, 0.717) is 13.2 Å². The van der Waals surface area contributed by atoms with Gasteiger partial charge in [-0.25, -0.2) is 4.39 Å². The molecule has 146 valence electrons. The van der Waals surface area contributed by atoms with Crippen molar-refractivity contribution in [3.8, 4) is 0 Å². The van der Waals surface area contributed by atoms with E-state index in [1.165, 1.54) is 11.6 Å². The number of carbonyl (C=O) groups is 1. The molecule has 0 saturated carbocycles. The molecular weight excluding hydrogens is 347 g/mol. The summed E-state index contributed by atoms with van der Waals surface area (Å²) >= 11 is 0. The van der Waals surface area contributed by atoms with Crippen LogP contribution >= 0.6 is 0 Å². The van der Waals surface area contributed by atoms with Gasteiger partial charge in [-0.3, -0.25) is 14.4 Å². The highest BCUT2D eigenvalue weighted by atomic mass is 19.1. The third kappa shape index (κ3) is 4.54. The predicted molar refractivity (Wildman–Crippen MR) is 102 cm³/mol. The summed E-state index contributed by atoms with van der Waals surface area (Å²) < 4.78 is 21.4. The smallest absolute Gasteiger partial charge is 0.226 e. The van der Waals surface area contributed by atoms with Crippen LogP contribution in [0.4, 0.5) is 10.1 Å². The van der Waals surface area contributed by atoms with Gasteiger partial charge in [-0.1, -0.05) is 12.1 Å². The molecule has 1 aromatic carbocycles. The molecule has 1 unspecified atom stereocenters. The molecule has 27 heavy (non-hydrogen) atoms. The number of carbonyl (C=O) groups excluding carboxylic acids is 1. The van der Waals surface area contributed by atoms with Crippen LogP contribution in [0.5, 0.6) is 0 Å². The zero-order chi connectivity index (χ0) is 19.4. The Morgan fingerprint density at radius 1 is 1.37 bits per heavy atom. The molecule has 1 saturated heterocycles. The largest absolute Gasteiger partial charge is 0.378 e. The number of nitrogens with one attached hydrogen (secondary N) is 1. The minimum Gasteiger partial charge on any atom is -0.378 e. The maximum absolute atomic E-state index is 13.8. The van der Waals surface area contributed by atoms with Gasteiger partial charge in [0.25, 0.3) is 0 Å². The molecule has 0 radical (unpaired) electrons. The van der Waals surface area contributed by atoms with E-state index in [1.807, 2.05) is 11.6 Å². The van der Waals surface area contributed by atoms with Crippen LogP contribution in [0.25, 0.3) is 0 Å². The van der Waals surface area contributed by atoms with Crippen molar-refractivity contribution >= 4 is 11.6 Å². The first-order chi connectivity index (χ1) is 13.0. The molecule has 2 heterocycles. The van der Waals surface area contributed by atoms with Crippen LogP contribution < -0.4 is 5.32 Å². The first-order valence-corrected chi connectivity index (χ1v) is 9.38. The molecule has 2 aromatic rings. The lowest BCUT2D eigenvalue weighted by Gasteiger charge is -2.35. The number of ether oxygens (including phenoxy) is 1. The molecular formula is C20H27FN4O2. The fourth-order valence-corrected chi connectivity index (χ4v) is 3.54. The Morgan fingerprint density at radius 3 is 2.85 bits per heavy atom. The van der Waals surface area contributed by atoms with Crippen molar-refractivity contribution in [1.29, 1.82) is 0 Å². The molecule has 1 fully saturated rings. The summed E-state index contributed by atoms with van der Waals surface area (Å²) in [7, 11) is 0. The average molecular weight is 374 g/mol. The van der Waals surface area contributed by atoms with Crippen molar-refractivity contribution in [3.05, 3.63) is 47.0 Å². The van der Waals surface area contributed by atoms with E-state index < -0.39 is 5.82 Å². The highest BCUT2D eigenvalue weighted by Crippen LogP contribution is 2.21. The molecule has 3 rings (SSSR count). The Labute approximate surface area is 159 Å². The summed E-state index contributed by atoms with van der Waals surface area (Å²) in [5.74, 6) is -0.640. The molecule has 1 aromatic heterocycles. The first-order valence-electron chi connectivity index (χ1n) is 9.38. The quantitative estimate of drug-likeness (QED) is 0.845. The number of benzene rings is 1. The highest BCUT2D eigenvalue weighted by Gasteiger charge is 2.27. The van der Waals surface area contributed by atoms with E-state index in [-0.39, 0.29) is 24.1 Å². The number of hydrogen-bond donors (Lipinski definition) is 1. The predicted octanol–water partition coefficient (Wildman–Crippen LogP) is 2.89. The van der Waals surface area contributed by atoms with Gasteiger partial charge in [-0.2, -0.15) is 5.10 Å². The number of aromatic nitrogens is 2. The molecule has 0 aliphatic carbocycles. The van der Waals surface area contributed by atoms with E-state index in [0.717, 1.165) is 31.0 Å². The Hall–Kier alpha value is -2.25. The molecule has 7 heteroatoms. The van der Waals surface area contributed by atoms with Crippen molar-refractivity contribution in [3.63, 3.8) is 0 Å². The molecule has 1 N–H and O–H groups in total. The molecule has 1 aliphatic heterocycles. The SMILES string of the molecule is CCn1nc(C)c(CN2CCOCC2CC(=O)Nc2ccccc2F)c1C. The number of halogens is 1. The van der Waals surface area contributed by atoms with Crippen LogP contribution in [-0.2, 0) is 22.6 Å². The summed E-state index contributed by atoms with van der Waals surface area (Å²) in [6.45, 7) is 9.65. The van der Waals surface area contributed by atoms with Crippen molar-refractivity contribution < 1.29 is 13.9 Å². The van der Waals surface area contributed by atoms with Gasteiger partial charge < -0.3 is 10.1 Å². The molecule has 1 aliphatic rings. The van der Waals surface area contributed by atoms with Crippen molar-refractivity contribution in [2.45, 2.75) is 46.3 Å². The minimum absolute atomic E-state index is 0.0469. The van der Waals surface area contributed by atoms with Crippen LogP contribution in [0.2, 0.25) is 0 Å². The molecule has 1 amide bonds. The number of aryl methyl sites for hydroxylation is 2. The number of hydrogen-bond acceptors (Lipinski definition) is 4. The molecule has 1 atom stereocenters. The van der Waals surface area contributed by atoms with Gasteiger partial charge in [0.15, 0.2) is 0 Å². The van der Waals surface area contributed by atoms with Gasteiger partial charge >= 0.3 is 0 Å². The summed E-state index contributed by atoms with van der Waals surface area (Å²) in [4.78, 5) is 14.7. The van der Waals surface area contributed by atoms with Crippen LogP contribution in [0.1, 0.15) is 30.3 Å². The Balaban J connectivity index is 1.68. The lowest BCUT2D eigenvalue weighted by Crippen LogP contribution is -2.46. The normalized spacial score (nSPS) is 17.9. The fourth-order valence-electron chi connectivity index (χ4n) is 3.54. The Kier molecular flexibility index (Phi) is 6.23. The number of para-hydroxylation sites is 1. The van der Waals surface area contributed by atoms with E-state index in [9.17, 15) is 9.18 Å². The molecule has 0 bridgehead atoms. The topological polar surface area (TPSA) is 59.4 Å². The third-order valence-electron chi connectivity index (χ3n) is 5.11. The monoisotopic (exact) mass is 374 g/mol. The van der Waals surface area contributed by atoms with Crippen molar-refractivity contribution in [1.82, 2.24) is 14.7 Å². The van der Waals surface area contributed by atoms with E-state index in [4.69, 9.17) is 4.74 Å². The van der Waals surface area contributed by atoms with Gasteiger partial charge in [0.2, 0.25) is 5.91 Å². The van der Waals surface area contributed by atoms with Gasteiger partial charge in [-0.05, 0) is 32.9 Å². The highest BCUT2D eigenvalue weighted by molar-refractivity contribution is 5.91. The summed E-state index contributed by atoms with van der Waals surface area (Å²) in [5, 5.41) is 7.25. The summed E-state index contributed by atoms with van der Waals surface area (Å²) in [5.41, 5.74) is 3.60. The standard InChI is InChI=1S/C20H27FN4O2/c1-4-25-15(3)17(14(2)23-25)12-24-9-10-27-13-16(24)11-20(26)22-19-8-6-5-7-18(19)21/h5-8,16H,4,9-13H2,1-3H3,(H,22,26). The third-order valence-corrected chi connectivity index (χ3v) is 5.11. The summed E-state index contributed by atoms with van der Waals surface area (Å²) in [6, 6.07) is 6.15. The Bertz CT molecular complexity index is 805. The van der Waals surface area contributed by atoms with Gasteiger partial charge in [-0.15, -0.1) is 0 Å². The number of morpholine rings is 1. The van der Waals surface area contributed by atoms with Crippen molar-refractivity contribution in [2.75, 3.05) is 25.1 Å². The maximum Gasteiger partial charge on any atom is 0.226 e. The average Bonchev–Trinajstić information content (AvgIpc) is 2.92. The van der Waals surface area contributed by atoms with E-state index >= 15 is 0 Å². The zero-order valence-corrected chi connectivity index (χ0v) is 16.2. The maximum atomic E-state index is 13.8. The number of nitrogens with zero attached hydrogens (tertiary/aromatic N) is 3. The van der Waals surface area contributed by atoms with Crippen molar-refractivity contribution in [2.24, 2.45) is 0 Å². The molecule has 0 spiro atoms. The fraction of sp³-hybridized carbons (Fsp3) is 0.500. The zero-order valence-electron chi connectivity index (χ0n) is 16.2. The van der Waals surface area contributed by atoms with Crippen LogP contribution in [-0.4, -0.2) is 46.4 Å². The van der Waals surface area contributed by atoms with Gasteiger partial charge in [0, 0.05) is 43.4 Å². The number of amides is 1. The first kappa shape index (κ1) is 19.5. The summed E-state index contributed by atoms with van der Waals surface area (Å²) in [6.07, 6.45) is 0.258. The second kappa shape index (κ2) is 8.63. The minimum atomic E-state index is -0.430. The van der Waals surface area contributed by atoms with Gasteiger partial charge in [0.1, 0.15) is 5.82 Å². The number of anilines is 1. The Morgan fingerprint density at radius 2 is 2.15 bits per heavy atom.